The number of halogens is 2. The van der Waals surface area contributed by atoms with Gasteiger partial charge in [-0.3, -0.25) is 14.0 Å². The minimum Gasteiger partial charge on any atom is -0.355 e. The van der Waals surface area contributed by atoms with Gasteiger partial charge in [0.15, 0.2) is 5.96 Å². The van der Waals surface area contributed by atoms with E-state index in [-0.39, 0.29) is 29.9 Å². The molecule has 31 heavy (non-hydrogen) atoms. The van der Waals surface area contributed by atoms with E-state index in [1.165, 1.54) is 0 Å². The van der Waals surface area contributed by atoms with E-state index in [9.17, 15) is 9.00 Å². The van der Waals surface area contributed by atoms with Crippen molar-refractivity contribution in [3.63, 3.8) is 0 Å². The van der Waals surface area contributed by atoms with Crippen molar-refractivity contribution in [2.45, 2.75) is 11.3 Å². The first kappa shape index (κ1) is 25.6. The molecule has 168 valence electrons. The third-order valence-corrected chi connectivity index (χ3v) is 6.57. The van der Waals surface area contributed by atoms with Gasteiger partial charge in [0.2, 0.25) is 5.91 Å². The Balaban J connectivity index is 0.00000341. The van der Waals surface area contributed by atoms with E-state index in [1.54, 1.807) is 7.05 Å². The molecule has 1 aliphatic heterocycles. The van der Waals surface area contributed by atoms with E-state index in [0.717, 1.165) is 16.4 Å². The Morgan fingerprint density at radius 2 is 1.74 bits per heavy atom. The topological polar surface area (TPSA) is 65.0 Å². The lowest BCUT2D eigenvalue weighted by Gasteiger charge is -2.36. The Kier molecular flexibility index (Phi) is 10.8. The Morgan fingerprint density at radius 1 is 1.06 bits per heavy atom. The van der Waals surface area contributed by atoms with Gasteiger partial charge in [-0.05, 0) is 29.8 Å². The zero-order chi connectivity index (χ0) is 21.3. The minimum atomic E-state index is -1.04. The molecule has 1 heterocycles. The third-order valence-electron chi connectivity index (χ3n) is 4.96. The molecule has 6 nitrogen and oxygen atoms in total. The van der Waals surface area contributed by atoms with Crippen LogP contribution >= 0.6 is 35.6 Å². The maximum absolute atomic E-state index is 12.6. The predicted molar refractivity (Wildman–Crippen MR) is 138 cm³/mol. The number of hydrogen-bond donors (Lipinski definition) is 1. The quantitative estimate of drug-likeness (QED) is 0.327. The van der Waals surface area contributed by atoms with Gasteiger partial charge in [0.1, 0.15) is 0 Å². The average Bonchev–Trinajstić information content (AvgIpc) is 2.77. The Labute approximate surface area is 208 Å². The summed E-state index contributed by atoms with van der Waals surface area (Å²) in [5.74, 6) is 1.40. The molecule has 0 aliphatic carbocycles. The molecule has 1 aliphatic rings. The van der Waals surface area contributed by atoms with Crippen LogP contribution in [0, 0.1) is 0 Å². The van der Waals surface area contributed by atoms with Gasteiger partial charge in [0.05, 0.1) is 17.2 Å². The highest BCUT2D eigenvalue weighted by Gasteiger charge is 2.23. The molecular weight excluding hydrogens is 547 g/mol. The Hall–Kier alpha value is -1.65. The van der Waals surface area contributed by atoms with Crippen molar-refractivity contribution >= 4 is 58.2 Å². The number of carbonyl (C=O) groups excluding carboxylic acids is 1. The molecule has 1 amide bonds. The fraction of sp³-hybridized carbons (Fsp3) is 0.364. The minimum absolute atomic E-state index is 0. The number of carbonyl (C=O) groups is 1. The lowest BCUT2D eigenvalue weighted by atomic mass is 10.1. The molecule has 1 unspecified atom stereocenters. The molecule has 9 heteroatoms. The normalized spacial score (nSPS) is 15.2. The number of aliphatic imine (C=N–C) groups is 1. The number of nitrogens with one attached hydrogen (secondary N) is 1. The standard InChI is InChI=1S/C22H27ClN4O2S.HI/c1-24-22(25-10-15-30(29)20-8-3-2-4-9-20)27-13-11-26(12-14-27)21(28)17-18-6-5-7-19(23)16-18;/h2-9,16H,10-15,17H2,1H3,(H,24,25);1H. The van der Waals surface area contributed by atoms with Gasteiger partial charge < -0.3 is 15.1 Å². The predicted octanol–water partition coefficient (Wildman–Crippen LogP) is 3.03. The third kappa shape index (κ3) is 7.76. The molecular formula is C22H28ClIN4O2S. The number of benzene rings is 2. The van der Waals surface area contributed by atoms with Crippen LogP contribution in [0.5, 0.6) is 0 Å². The van der Waals surface area contributed by atoms with Crippen LogP contribution in [0.4, 0.5) is 0 Å². The van der Waals surface area contributed by atoms with Crippen LogP contribution in [0.25, 0.3) is 0 Å². The smallest absolute Gasteiger partial charge is 0.227 e. The van der Waals surface area contributed by atoms with Crippen LogP contribution in [0.3, 0.4) is 0 Å². The molecule has 1 fully saturated rings. The second kappa shape index (κ2) is 13.0. The molecule has 2 aromatic rings. The highest BCUT2D eigenvalue weighted by molar-refractivity contribution is 14.0. The number of nitrogens with zero attached hydrogens (tertiary/aromatic N) is 3. The lowest BCUT2D eigenvalue weighted by molar-refractivity contribution is -0.131. The average molecular weight is 575 g/mol. The first-order valence-corrected chi connectivity index (χ1v) is 11.7. The molecule has 0 aromatic heterocycles. The summed E-state index contributed by atoms with van der Waals surface area (Å²) >= 11 is 6.01. The van der Waals surface area contributed by atoms with Crippen molar-refractivity contribution in [3.8, 4) is 0 Å². The highest BCUT2D eigenvalue weighted by Crippen LogP contribution is 2.13. The highest BCUT2D eigenvalue weighted by atomic mass is 127. The number of rotatable bonds is 6. The van der Waals surface area contributed by atoms with E-state index >= 15 is 0 Å². The lowest BCUT2D eigenvalue weighted by Crippen LogP contribution is -2.54. The van der Waals surface area contributed by atoms with Crippen LogP contribution in [0.1, 0.15) is 5.56 Å². The van der Waals surface area contributed by atoms with E-state index in [2.05, 4.69) is 15.2 Å². The van der Waals surface area contributed by atoms with Gasteiger partial charge >= 0.3 is 0 Å². The monoisotopic (exact) mass is 574 g/mol. The SMILES string of the molecule is CN=C(NCCS(=O)c1ccccc1)N1CCN(C(=O)Cc2cccc(Cl)c2)CC1.I. The van der Waals surface area contributed by atoms with E-state index in [0.29, 0.717) is 49.9 Å². The van der Waals surface area contributed by atoms with Crippen molar-refractivity contribution in [1.82, 2.24) is 15.1 Å². The van der Waals surface area contributed by atoms with Gasteiger partial charge in [-0.25, -0.2) is 0 Å². The van der Waals surface area contributed by atoms with Crippen molar-refractivity contribution in [3.05, 3.63) is 65.2 Å². The zero-order valence-electron chi connectivity index (χ0n) is 17.5. The summed E-state index contributed by atoms with van der Waals surface area (Å²) in [6.07, 6.45) is 0.360. The van der Waals surface area contributed by atoms with Crippen molar-refractivity contribution in [2.75, 3.05) is 45.5 Å². The Morgan fingerprint density at radius 3 is 2.39 bits per heavy atom. The van der Waals surface area contributed by atoms with E-state index in [4.69, 9.17) is 11.6 Å². The molecule has 2 aromatic carbocycles. The van der Waals surface area contributed by atoms with E-state index in [1.807, 2.05) is 59.5 Å². The molecule has 0 radical (unpaired) electrons. The van der Waals surface area contributed by atoms with Crippen molar-refractivity contribution in [2.24, 2.45) is 4.99 Å². The van der Waals surface area contributed by atoms with Crippen LogP contribution in [0.15, 0.2) is 64.5 Å². The maximum Gasteiger partial charge on any atom is 0.227 e. The molecule has 0 saturated carbocycles. The summed E-state index contributed by atoms with van der Waals surface area (Å²) in [6.45, 7) is 3.29. The second-order valence-electron chi connectivity index (χ2n) is 7.01. The van der Waals surface area contributed by atoms with Crippen molar-refractivity contribution in [1.29, 1.82) is 0 Å². The number of guanidine groups is 1. The molecule has 1 atom stereocenters. The number of hydrogen-bond acceptors (Lipinski definition) is 3. The molecule has 3 rings (SSSR count). The molecule has 0 spiro atoms. The summed E-state index contributed by atoms with van der Waals surface area (Å²) < 4.78 is 12.3. The molecule has 0 bridgehead atoms. The number of piperazine rings is 1. The van der Waals surface area contributed by atoms with Gasteiger partial charge in [-0.2, -0.15) is 0 Å². The van der Waals surface area contributed by atoms with Crippen molar-refractivity contribution < 1.29 is 9.00 Å². The maximum atomic E-state index is 12.6. The summed E-state index contributed by atoms with van der Waals surface area (Å²) in [5, 5.41) is 3.94. The summed E-state index contributed by atoms with van der Waals surface area (Å²) in [5.41, 5.74) is 0.929. The van der Waals surface area contributed by atoms with E-state index < -0.39 is 10.8 Å². The number of amides is 1. The van der Waals surface area contributed by atoms with Crippen LogP contribution in [-0.2, 0) is 22.0 Å². The fourth-order valence-corrected chi connectivity index (χ4v) is 4.58. The summed E-state index contributed by atoms with van der Waals surface area (Å²) in [6, 6.07) is 16.9. The summed E-state index contributed by atoms with van der Waals surface area (Å²) in [7, 11) is 0.705. The van der Waals surface area contributed by atoms with Gasteiger partial charge in [-0.15, -0.1) is 24.0 Å². The van der Waals surface area contributed by atoms with Crippen LogP contribution < -0.4 is 5.32 Å². The molecule has 1 N–H and O–H groups in total. The largest absolute Gasteiger partial charge is 0.355 e. The first-order valence-electron chi connectivity index (χ1n) is 9.98. The fourth-order valence-electron chi connectivity index (χ4n) is 3.38. The molecule has 1 saturated heterocycles. The zero-order valence-corrected chi connectivity index (χ0v) is 21.4. The van der Waals surface area contributed by atoms with Crippen LogP contribution in [0.2, 0.25) is 5.02 Å². The van der Waals surface area contributed by atoms with Crippen LogP contribution in [-0.4, -0.2) is 71.4 Å². The van der Waals surface area contributed by atoms with Gasteiger partial charge in [-0.1, -0.05) is 41.9 Å². The van der Waals surface area contributed by atoms with Gasteiger partial charge in [0, 0.05) is 55.4 Å². The second-order valence-corrected chi connectivity index (χ2v) is 9.02. The Bertz CT molecular complexity index is 905. The summed E-state index contributed by atoms with van der Waals surface area (Å²) in [4.78, 5) is 21.8. The van der Waals surface area contributed by atoms with Gasteiger partial charge in [0.25, 0.3) is 0 Å². The first-order chi connectivity index (χ1) is 14.6.